The van der Waals surface area contributed by atoms with Crippen LogP contribution in [-0.2, 0) is 5.92 Å². The number of rotatable bonds is 3. The molecule has 1 atom stereocenters. The predicted octanol–water partition coefficient (Wildman–Crippen LogP) is 3.79. The molecule has 0 saturated carbocycles. The highest BCUT2D eigenvalue weighted by molar-refractivity contribution is 5.79. The quantitative estimate of drug-likeness (QED) is 0.673. The van der Waals surface area contributed by atoms with Crippen molar-refractivity contribution in [3.63, 3.8) is 0 Å². The Bertz CT molecular complexity index is 1280. The minimum atomic E-state index is -3.35. The Morgan fingerprint density at radius 1 is 1.20 bits per heavy atom. The van der Waals surface area contributed by atoms with E-state index in [0.717, 1.165) is 11.3 Å². The molecule has 6 nitrogen and oxygen atoms in total. The van der Waals surface area contributed by atoms with E-state index in [2.05, 4.69) is 26.3 Å². The van der Waals surface area contributed by atoms with Crippen LogP contribution in [0.15, 0.2) is 71.9 Å². The maximum atomic E-state index is 15.5. The lowest BCUT2D eigenvalue weighted by Gasteiger charge is -2.27. The fourth-order valence-corrected chi connectivity index (χ4v) is 3.50. The number of nitrogens with zero attached hydrogens (tertiary/aromatic N) is 5. The average Bonchev–Trinajstić information content (AvgIpc) is 3.19. The van der Waals surface area contributed by atoms with Gasteiger partial charge in [0.15, 0.2) is 5.82 Å². The number of aromatic nitrogens is 4. The summed E-state index contributed by atoms with van der Waals surface area (Å²) in [6.07, 6.45) is 8.98. The zero-order valence-corrected chi connectivity index (χ0v) is 16.3. The number of hydrogen-bond donors (Lipinski definition) is 1. The van der Waals surface area contributed by atoms with Gasteiger partial charge in [0.05, 0.1) is 17.3 Å². The van der Waals surface area contributed by atoms with Crippen LogP contribution in [-0.4, -0.2) is 37.8 Å². The second kappa shape index (κ2) is 6.64. The van der Waals surface area contributed by atoms with Gasteiger partial charge in [0.2, 0.25) is 5.82 Å². The van der Waals surface area contributed by atoms with Crippen molar-refractivity contribution in [2.45, 2.75) is 18.9 Å². The molecule has 150 valence electrons. The lowest BCUT2D eigenvalue weighted by atomic mass is 10.0. The van der Waals surface area contributed by atoms with Crippen molar-refractivity contribution in [3.05, 3.63) is 89.1 Å². The van der Waals surface area contributed by atoms with Gasteiger partial charge in [-0.15, -0.1) is 10.2 Å². The molecule has 5 rings (SSSR count). The molecule has 30 heavy (non-hydrogen) atoms. The molecular formula is C22H18F2N6. The van der Waals surface area contributed by atoms with Gasteiger partial charge in [-0.1, -0.05) is 23.9 Å². The number of hydrogen-bond acceptors (Lipinski definition) is 5. The topological polar surface area (TPSA) is 58.9 Å². The van der Waals surface area contributed by atoms with Gasteiger partial charge >= 0.3 is 5.92 Å². The Labute approximate surface area is 171 Å². The Morgan fingerprint density at radius 2 is 2.07 bits per heavy atom. The molecule has 2 aromatic heterocycles. The molecule has 1 aromatic carbocycles. The van der Waals surface area contributed by atoms with Crippen molar-refractivity contribution >= 4 is 17.0 Å². The normalized spacial score (nSPS) is 18.1. The third-order valence-corrected chi connectivity index (χ3v) is 5.32. The zero-order valence-electron chi connectivity index (χ0n) is 16.3. The second-order valence-electron chi connectivity index (χ2n) is 7.28. The first-order valence-corrected chi connectivity index (χ1v) is 9.45. The van der Waals surface area contributed by atoms with Crippen LogP contribution in [0.25, 0.3) is 17.0 Å². The van der Waals surface area contributed by atoms with E-state index in [1.807, 2.05) is 37.2 Å². The predicted molar refractivity (Wildman–Crippen MR) is 110 cm³/mol. The molecule has 0 radical (unpaired) electrons. The van der Waals surface area contributed by atoms with Crippen molar-refractivity contribution in [2.24, 2.45) is 0 Å². The summed E-state index contributed by atoms with van der Waals surface area (Å²) in [4.78, 5) is 6.13. The summed E-state index contributed by atoms with van der Waals surface area (Å²) in [7, 11) is 1.92. The Kier molecular flexibility index (Phi) is 4.04. The van der Waals surface area contributed by atoms with E-state index in [-0.39, 0.29) is 11.6 Å². The van der Waals surface area contributed by atoms with Gasteiger partial charge in [0.25, 0.3) is 0 Å². The van der Waals surface area contributed by atoms with E-state index < -0.39 is 11.7 Å². The summed E-state index contributed by atoms with van der Waals surface area (Å²) in [5.74, 6) is -3.48. The maximum absolute atomic E-state index is 15.5. The van der Waals surface area contributed by atoms with Gasteiger partial charge < -0.3 is 10.3 Å². The number of alkyl halides is 2. The monoisotopic (exact) mass is 404 g/mol. The highest BCUT2D eigenvalue weighted by Gasteiger charge is 2.41. The highest BCUT2D eigenvalue weighted by atomic mass is 19.3. The summed E-state index contributed by atoms with van der Waals surface area (Å²) in [6, 6.07) is 7.57. The van der Waals surface area contributed by atoms with Gasteiger partial charge in [-0.3, -0.25) is 4.98 Å². The molecule has 0 saturated heterocycles. The zero-order chi connectivity index (χ0) is 20.9. The fraction of sp³-hybridized carbons (Fsp3) is 0.182. The molecule has 0 bridgehead atoms. The molecule has 0 fully saturated rings. The van der Waals surface area contributed by atoms with Gasteiger partial charge in [-0.2, -0.15) is 8.78 Å². The smallest absolute Gasteiger partial charge is 0.333 e. The Hall–Kier alpha value is -3.77. The maximum Gasteiger partial charge on any atom is 0.333 e. The van der Waals surface area contributed by atoms with Gasteiger partial charge in [0, 0.05) is 36.0 Å². The van der Waals surface area contributed by atoms with Gasteiger partial charge in [-0.25, -0.2) is 4.68 Å². The van der Waals surface area contributed by atoms with E-state index >= 15 is 8.78 Å². The molecule has 8 heteroatoms. The van der Waals surface area contributed by atoms with E-state index in [1.54, 1.807) is 30.5 Å². The highest BCUT2D eigenvalue weighted by Crippen LogP contribution is 2.36. The van der Waals surface area contributed by atoms with Gasteiger partial charge in [-0.05, 0) is 37.3 Å². The molecular weight excluding hydrogens is 386 g/mol. The van der Waals surface area contributed by atoms with Crippen molar-refractivity contribution in [3.8, 4) is 0 Å². The third kappa shape index (κ3) is 2.89. The lowest BCUT2D eigenvalue weighted by Crippen LogP contribution is -2.36. The average molecular weight is 404 g/mol. The second-order valence-corrected chi connectivity index (χ2v) is 7.28. The number of fused-ring (bicyclic) bond motifs is 2. The van der Waals surface area contributed by atoms with Crippen LogP contribution in [0, 0.1) is 0 Å². The molecule has 2 aliphatic rings. The number of nitrogens with one attached hydrogen (secondary N) is 1. The van der Waals surface area contributed by atoms with E-state index in [4.69, 9.17) is 0 Å². The Balaban J connectivity index is 1.52. The molecule has 1 N–H and O–H groups in total. The standard InChI is InChI=1S/C22H18F2N6/c1-14-5-6-16(13-29(14)2)19-9-10-20-26-27-21(30(20)28-19)22(23,24)17-7-8-18-15(12-17)4-3-11-25-18/h3-4,6-13,19,28H,1-2H3. The number of pyridine rings is 1. The first-order valence-electron chi connectivity index (χ1n) is 9.45. The van der Waals surface area contributed by atoms with Crippen molar-refractivity contribution in [1.29, 1.82) is 0 Å². The van der Waals surface area contributed by atoms with Crippen molar-refractivity contribution in [1.82, 2.24) is 24.8 Å². The fourth-order valence-electron chi connectivity index (χ4n) is 3.50. The Morgan fingerprint density at radius 3 is 2.90 bits per heavy atom. The van der Waals surface area contributed by atoms with E-state index in [0.29, 0.717) is 16.7 Å². The largest absolute Gasteiger partial charge is 0.348 e. The lowest BCUT2D eigenvalue weighted by molar-refractivity contribution is 0.0298. The molecule has 0 spiro atoms. The van der Waals surface area contributed by atoms with Crippen LogP contribution in [0.3, 0.4) is 0 Å². The minimum Gasteiger partial charge on any atom is -0.348 e. The van der Waals surface area contributed by atoms with E-state index in [9.17, 15) is 0 Å². The van der Waals surface area contributed by atoms with E-state index in [1.165, 1.54) is 16.8 Å². The summed E-state index contributed by atoms with van der Waals surface area (Å²) in [5.41, 5.74) is 8.62. The van der Waals surface area contributed by atoms with Crippen LogP contribution in [0.1, 0.15) is 24.1 Å². The van der Waals surface area contributed by atoms with Crippen LogP contribution >= 0.6 is 0 Å². The molecule has 3 aromatic rings. The van der Waals surface area contributed by atoms with Crippen molar-refractivity contribution < 1.29 is 8.78 Å². The summed E-state index contributed by atoms with van der Waals surface area (Å²) >= 11 is 0. The molecule has 4 heterocycles. The molecule has 1 unspecified atom stereocenters. The third-order valence-electron chi connectivity index (χ3n) is 5.32. The first-order chi connectivity index (χ1) is 14.4. The summed E-state index contributed by atoms with van der Waals surface area (Å²) < 4.78 is 32.2. The van der Waals surface area contributed by atoms with Crippen LogP contribution < -0.4 is 5.43 Å². The molecule has 0 amide bonds. The first kappa shape index (κ1) is 18.3. The van der Waals surface area contributed by atoms with Crippen LogP contribution in [0.5, 0.6) is 0 Å². The SMILES string of the molecule is CC1=C=CC(C2C=Cc3nnc(C(F)(F)c4ccc5ncccc5c4)n3N2)=CN1C. The molecule has 0 aliphatic carbocycles. The summed E-state index contributed by atoms with van der Waals surface area (Å²) in [5, 5.41) is 8.38. The summed E-state index contributed by atoms with van der Waals surface area (Å²) in [6.45, 7) is 1.95. The van der Waals surface area contributed by atoms with Crippen LogP contribution in [0.2, 0.25) is 0 Å². The molecule has 2 aliphatic heterocycles. The van der Waals surface area contributed by atoms with Crippen molar-refractivity contribution in [2.75, 3.05) is 12.5 Å². The number of halogens is 2. The minimum absolute atomic E-state index is 0.166. The number of benzene rings is 1. The van der Waals surface area contributed by atoms with Gasteiger partial charge in [0.1, 0.15) is 0 Å². The van der Waals surface area contributed by atoms with Crippen LogP contribution in [0.4, 0.5) is 8.78 Å².